The summed E-state index contributed by atoms with van der Waals surface area (Å²) in [6, 6.07) is 4.91. The number of benzene rings is 1. The Labute approximate surface area is 198 Å². The zero-order valence-electron chi connectivity index (χ0n) is 18.4. The summed E-state index contributed by atoms with van der Waals surface area (Å²) in [7, 11) is 0. The van der Waals surface area contributed by atoms with Crippen molar-refractivity contribution in [2.24, 2.45) is 5.92 Å². The van der Waals surface area contributed by atoms with Gasteiger partial charge in [-0.25, -0.2) is 18.7 Å². The number of aromatic nitrogens is 3. The molecule has 8 heteroatoms. The summed E-state index contributed by atoms with van der Waals surface area (Å²) in [5.74, 6) is -1.46. The molecule has 2 aromatic heterocycles. The second-order valence-electron chi connectivity index (χ2n) is 9.92. The molecule has 0 spiro atoms. The third-order valence-electron chi connectivity index (χ3n) is 8.09. The van der Waals surface area contributed by atoms with Crippen LogP contribution >= 0.6 is 15.9 Å². The minimum atomic E-state index is -2.77. The van der Waals surface area contributed by atoms with Crippen LogP contribution in [0.5, 0.6) is 0 Å². The molecular formula is C25H25BrF2N4O. The van der Waals surface area contributed by atoms with E-state index in [1.807, 2.05) is 23.8 Å². The molecule has 0 saturated heterocycles. The fraction of sp³-hybridized carbons (Fsp3) is 0.480. The highest BCUT2D eigenvalue weighted by molar-refractivity contribution is 9.10. The van der Waals surface area contributed by atoms with Crippen molar-refractivity contribution in [2.75, 3.05) is 5.32 Å². The molecule has 1 N–H and O–H groups in total. The molecule has 172 valence electrons. The predicted octanol–water partition coefficient (Wildman–Crippen LogP) is 6.05. The van der Waals surface area contributed by atoms with Crippen molar-refractivity contribution in [1.82, 2.24) is 14.5 Å². The summed E-state index contributed by atoms with van der Waals surface area (Å²) in [5.41, 5.74) is 2.11. The maximum Gasteiger partial charge on any atom is 0.273 e. The lowest BCUT2D eigenvalue weighted by Gasteiger charge is -2.30. The van der Waals surface area contributed by atoms with Gasteiger partial charge < -0.3 is 9.88 Å². The Kier molecular flexibility index (Phi) is 4.70. The number of halogens is 3. The van der Waals surface area contributed by atoms with Gasteiger partial charge in [-0.1, -0.05) is 18.2 Å². The fourth-order valence-electron chi connectivity index (χ4n) is 6.39. The van der Waals surface area contributed by atoms with Crippen molar-refractivity contribution in [3.8, 4) is 0 Å². The Balaban J connectivity index is 1.43. The first-order valence-electron chi connectivity index (χ1n) is 11.6. The van der Waals surface area contributed by atoms with E-state index in [-0.39, 0.29) is 29.1 Å². The van der Waals surface area contributed by atoms with E-state index in [0.717, 1.165) is 35.8 Å². The van der Waals surface area contributed by atoms with Crippen molar-refractivity contribution in [3.05, 3.63) is 62.2 Å². The number of anilines is 1. The number of pyridine rings is 1. The Morgan fingerprint density at radius 1 is 1.21 bits per heavy atom. The van der Waals surface area contributed by atoms with E-state index in [0.29, 0.717) is 28.1 Å². The summed E-state index contributed by atoms with van der Waals surface area (Å²) in [6.07, 6.45) is 8.98. The fourth-order valence-corrected chi connectivity index (χ4v) is 6.89. The van der Waals surface area contributed by atoms with Gasteiger partial charge in [0.2, 0.25) is 0 Å². The van der Waals surface area contributed by atoms with E-state index in [4.69, 9.17) is 0 Å². The smallest absolute Gasteiger partial charge is 0.273 e. The van der Waals surface area contributed by atoms with Crippen molar-refractivity contribution >= 4 is 32.7 Å². The van der Waals surface area contributed by atoms with Gasteiger partial charge in [0.05, 0.1) is 16.9 Å². The van der Waals surface area contributed by atoms with E-state index >= 15 is 0 Å². The Bertz CT molecular complexity index is 1330. The van der Waals surface area contributed by atoms with Gasteiger partial charge in [0, 0.05) is 23.7 Å². The topological polar surface area (TPSA) is 59.8 Å². The Hall–Kier alpha value is -2.35. The van der Waals surface area contributed by atoms with Gasteiger partial charge in [0.25, 0.3) is 11.5 Å². The first-order chi connectivity index (χ1) is 15.8. The molecule has 2 saturated carbocycles. The van der Waals surface area contributed by atoms with Crippen LogP contribution in [0.4, 0.5) is 14.6 Å². The number of alkyl halides is 2. The summed E-state index contributed by atoms with van der Waals surface area (Å²) in [6.45, 7) is 1.96. The predicted molar refractivity (Wildman–Crippen MR) is 127 cm³/mol. The van der Waals surface area contributed by atoms with Crippen LogP contribution < -0.4 is 10.9 Å². The molecule has 1 atom stereocenters. The number of hydrogen-bond acceptors (Lipinski definition) is 4. The van der Waals surface area contributed by atoms with Crippen LogP contribution in [0.25, 0.3) is 10.9 Å². The monoisotopic (exact) mass is 514 g/mol. The van der Waals surface area contributed by atoms with E-state index in [1.165, 1.54) is 25.2 Å². The minimum absolute atomic E-state index is 0.0501. The van der Waals surface area contributed by atoms with Gasteiger partial charge in [-0.2, -0.15) is 0 Å². The second kappa shape index (κ2) is 7.32. The number of rotatable bonds is 4. The lowest BCUT2D eigenvalue weighted by Crippen LogP contribution is -2.38. The van der Waals surface area contributed by atoms with Gasteiger partial charge >= 0.3 is 0 Å². The molecule has 2 heterocycles. The Morgan fingerprint density at radius 3 is 2.73 bits per heavy atom. The van der Waals surface area contributed by atoms with Crippen molar-refractivity contribution in [2.45, 2.75) is 69.4 Å². The van der Waals surface area contributed by atoms with Crippen LogP contribution in [-0.2, 0) is 17.9 Å². The molecule has 1 unspecified atom stereocenters. The first kappa shape index (κ1) is 21.2. The molecule has 1 aromatic carbocycles. The normalized spacial score (nSPS) is 26.0. The van der Waals surface area contributed by atoms with Crippen molar-refractivity contribution in [1.29, 1.82) is 0 Å². The summed E-state index contributed by atoms with van der Waals surface area (Å²) in [5, 5.41) is 4.19. The quantitative estimate of drug-likeness (QED) is 0.460. The highest BCUT2D eigenvalue weighted by atomic mass is 79.9. The molecule has 2 bridgehead atoms. The summed E-state index contributed by atoms with van der Waals surface area (Å²) >= 11 is 3.51. The van der Waals surface area contributed by atoms with Gasteiger partial charge in [-0.15, -0.1) is 0 Å². The van der Waals surface area contributed by atoms with Gasteiger partial charge in [-0.05, 0) is 78.4 Å². The molecule has 6 rings (SSSR count). The maximum atomic E-state index is 14.3. The average molecular weight is 515 g/mol. The zero-order chi connectivity index (χ0) is 23.0. The molecule has 3 aliphatic rings. The average Bonchev–Trinajstić information content (AvgIpc) is 3.50. The molecule has 0 aliphatic heterocycles. The highest BCUT2D eigenvalue weighted by Crippen LogP contribution is 2.52. The third-order valence-corrected chi connectivity index (χ3v) is 8.80. The van der Waals surface area contributed by atoms with Crippen LogP contribution in [0, 0.1) is 5.92 Å². The summed E-state index contributed by atoms with van der Waals surface area (Å²) < 4.78 is 30.9. The standard InChI is InChI=1S/C25H25BrF2N4O/c1-14(16-3-2-4-19-17(16)7-10-25(19,27)28)31-22-18-12-32(24-8-5-15(11-24)6-9-24)23(33)20(26)21(18)29-13-30-22/h2-4,12-15H,5-11H2,1H3,(H,29,30,31). The van der Waals surface area contributed by atoms with E-state index < -0.39 is 5.92 Å². The SMILES string of the molecule is CC(Nc1ncnc2c(Br)c(=O)n(C34CCC(CC3)C4)cc12)c1cccc2c1CCC2(F)F. The van der Waals surface area contributed by atoms with Gasteiger partial charge in [0.1, 0.15) is 16.6 Å². The third kappa shape index (κ3) is 3.16. The van der Waals surface area contributed by atoms with Crippen LogP contribution in [0.15, 0.2) is 40.0 Å². The van der Waals surface area contributed by atoms with E-state index in [1.54, 1.807) is 6.07 Å². The molecule has 5 nitrogen and oxygen atoms in total. The van der Waals surface area contributed by atoms with Crippen LogP contribution in [-0.4, -0.2) is 14.5 Å². The lowest BCUT2D eigenvalue weighted by atomic mass is 9.93. The zero-order valence-corrected chi connectivity index (χ0v) is 20.0. The molecule has 3 aliphatic carbocycles. The number of hydrogen-bond donors (Lipinski definition) is 1. The van der Waals surface area contributed by atoms with Gasteiger partial charge in [-0.3, -0.25) is 4.79 Å². The van der Waals surface area contributed by atoms with Crippen LogP contribution in [0.2, 0.25) is 0 Å². The molecule has 0 amide bonds. The van der Waals surface area contributed by atoms with Crippen molar-refractivity contribution < 1.29 is 8.78 Å². The highest BCUT2D eigenvalue weighted by Gasteiger charge is 2.47. The van der Waals surface area contributed by atoms with Crippen molar-refractivity contribution in [3.63, 3.8) is 0 Å². The number of nitrogens with zero attached hydrogens (tertiary/aromatic N) is 3. The van der Waals surface area contributed by atoms with Gasteiger partial charge in [0.15, 0.2) is 0 Å². The van der Waals surface area contributed by atoms with Crippen LogP contribution in [0.3, 0.4) is 0 Å². The maximum absolute atomic E-state index is 14.3. The van der Waals surface area contributed by atoms with E-state index in [2.05, 4.69) is 31.2 Å². The molecule has 3 aromatic rings. The lowest BCUT2D eigenvalue weighted by molar-refractivity contribution is -0.00184. The van der Waals surface area contributed by atoms with E-state index in [9.17, 15) is 13.6 Å². The second-order valence-corrected chi connectivity index (χ2v) is 10.7. The molecule has 33 heavy (non-hydrogen) atoms. The summed E-state index contributed by atoms with van der Waals surface area (Å²) in [4.78, 5) is 22.1. The minimum Gasteiger partial charge on any atom is -0.363 e. The molecule has 0 radical (unpaired) electrons. The number of fused-ring (bicyclic) bond motifs is 4. The number of nitrogens with one attached hydrogen (secondary N) is 1. The Morgan fingerprint density at radius 2 is 2.00 bits per heavy atom. The molecular weight excluding hydrogens is 490 g/mol. The largest absolute Gasteiger partial charge is 0.363 e. The van der Waals surface area contributed by atoms with Crippen LogP contribution in [0.1, 0.15) is 68.2 Å². The first-order valence-corrected chi connectivity index (χ1v) is 12.4. The molecule has 2 fully saturated rings.